The van der Waals surface area contributed by atoms with Gasteiger partial charge in [-0.25, -0.2) is 28.9 Å². The summed E-state index contributed by atoms with van der Waals surface area (Å²) in [7, 11) is 3.92. The first-order valence-corrected chi connectivity index (χ1v) is 13.8. The summed E-state index contributed by atoms with van der Waals surface area (Å²) in [6.45, 7) is 1.73. The first kappa shape index (κ1) is 37.9. The number of alkyl halides is 6. The Bertz CT molecular complexity index is 1790. The lowest BCUT2D eigenvalue weighted by atomic mass is 9.94. The van der Waals surface area contributed by atoms with Crippen molar-refractivity contribution in [1.29, 1.82) is 0 Å². The predicted molar refractivity (Wildman–Crippen MR) is 158 cm³/mol. The number of benzene rings is 2. The third-order valence-corrected chi connectivity index (χ3v) is 6.47. The van der Waals surface area contributed by atoms with Crippen LogP contribution in [0.4, 0.5) is 36.7 Å². The number of anilines is 1. The molecule has 13 nitrogen and oxygen atoms in total. The number of hydrogen-bond acceptors (Lipinski definition) is 9. The van der Waals surface area contributed by atoms with Gasteiger partial charge in [-0.15, -0.1) is 0 Å². The molecule has 5 rings (SSSR count). The Hall–Kier alpha value is -5.53. The molecule has 1 unspecified atom stereocenters. The highest BCUT2D eigenvalue weighted by molar-refractivity contribution is 5.94. The van der Waals surface area contributed by atoms with E-state index in [-0.39, 0.29) is 23.3 Å². The number of ether oxygens (including phenoxy) is 1. The van der Waals surface area contributed by atoms with Crippen LogP contribution in [0.1, 0.15) is 27.7 Å². The Morgan fingerprint density at radius 2 is 1.65 bits per heavy atom. The molecule has 2 aromatic heterocycles. The van der Waals surface area contributed by atoms with Gasteiger partial charge in [-0.2, -0.15) is 26.3 Å². The lowest BCUT2D eigenvalue weighted by Gasteiger charge is -2.24. The molecule has 2 aromatic carbocycles. The molecule has 20 heteroatoms. The van der Waals surface area contributed by atoms with Crippen molar-refractivity contribution in [2.75, 3.05) is 39.5 Å². The van der Waals surface area contributed by atoms with Crippen molar-refractivity contribution in [3.8, 4) is 17.0 Å². The normalized spacial score (nSPS) is 14.0. The number of halogens is 7. The number of imidazole rings is 1. The number of nitrogens with zero attached hydrogens (tertiary/aromatic N) is 4. The largest absolute Gasteiger partial charge is 0.493 e. The highest BCUT2D eigenvalue weighted by Crippen LogP contribution is 2.34. The zero-order valence-electron chi connectivity index (χ0n) is 25.5. The number of aliphatic carboxylic acids is 2. The third kappa shape index (κ3) is 10.7. The topological polar surface area (TPSA) is 197 Å². The second-order valence-corrected chi connectivity index (χ2v) is 10.5. The van der Waals surface area contributed by atoms with Crippen LogP contribution in [0.2, 0.25) is 0 Å². The Morgan fingerprint density at radius 3 is 2.22 bits per heavy atom. The minimum atomic E-state index is -5.08. The summed E-state index contributed by atoms with van der Waals surface area (Å²) in [6, 6.07) is 10.3. The fraction of sp³-hybridized carbons (Fsp3) is 0.310. The molecule has 0 aliphatic carbocycles. The molecule has 1 aliphatic heterocycles. The Balaban J connectivity index is 0.000000392. The Morgan fingerprint density at radius 1 is 1.02 bits per heavy atom. The Kier molecular flexibility index (Phi) is 12.1. The van der Waals surface area contributed by atoms with Crippen LogP contribution in [0.15, 0.2) is 42.6 Å². The number of nitrogens with two attached hydrogens (primary N) is 1. The molecular formula is C29H28F7N7O6. The number of hydrogen-bond donors (Lipinski definition) is 5. The van der Waals surface area contributed by atoms with E-state index in [1.165, 1.54) is 12.3 Å². The first-order valence-electron chi connectivity index (χ1n) is 13.8. The molecule has 49 heavy (non-hydrogen) atoms. The van der Waals surface area contributed by atoms with Gasteiger partial charge in [0.05, 0.1) is 23.7 Å². The number of carboxylic acids is 2. The number of carboxylic acid groups (broad SMARTS) is 2. The second kappa shape index (κ2) is 15.6. The summed E-state index contributed by atoms with van der Waals surface area (Å²) in [5, 5.41) is 17.2. The number of amides is 1. The molecule has 0 bridgehead atoms. The maximum Gasteiger partial charge on any atom is 0.490 e. The SMILES string of the molecule is CN(C)CCNC(=O)c1ccc2c(c1)CC(c1nc3c(F)cc(-c4ccnc(N)n4)cc3[nH]1)CO2.O=C(O)C(F)(F)F.O=C(O)C(F)(F)F. The number of aromatic nitrogens is 4. The molecule has 0 radical (unpaired) electrons. The van der Waals surface area contributed by atoms with E-state index in [0.717, 1.165) is 17.9 Å². The smallest absolute Gasteiger partial charge is 0.490 e. The highest BCUT2D eigenvalue weighted by Gasteiger charge is 2.39. The molecule has 3 heterocycles. The zero-order valence-corrected chi connectivity index (χ0v) is 25.5. The number of fused-ring (bicyclic) bond motifs is 2. The number of carbonyl (C=O) groups is 3. The van der Waals surface area contributed by atoms with Gasteiger partial charge in [-0.05, 0) is 62.5 Å². The van der Waals surface area contributed by atoms with Crippen molar-refractivity contribution in [2.24, 2.45) is 0 Å². The summed E-state index contributed by atoms with van der Waals surface area (Å²) in [6.07, 6.45) is -8.02. The van der Waals surface area contributed by atoms with Crippen molar-refractivity contribution >= 4 is 34.8 Å². The van der Waals surface area contributed by atoms with Gasteiger partial charge in [0, 0.05) is 30.4 Å². The van der Waals surface area contributed by atoms with E-state index in [2.05, 4.69) is 25.3 Å². The third-order valence-electron chi connectivity index (χ3n) is 6.47. The van der Waals surface area contributed by atoms with E-state index >= 15 is 0 Å². The van der Waals surface area contributed by atoms with Crippen LogP contribution in [0.5, 0.6) is 5.75 Å². The van der Waals surface area contributed by atoms with E-state index in [4.69, 9.17) is 30.3 Å². The standard InChI is InChI=1S/C25H26FN7O2.2C2HF3O2/c1-33(2)8-7-28-24(34)14-3-4-21-16(9-14)10-17(13-35-21)23-30-20-12-15(11-18(26)22(20)32-23)19-5-6-29-25(27)31-19;2*3-2(4,5)1(6)7/h3-6,9,11-12,17H,7-8,10,13H2,1-2H3,(H,28,34)(H,30,32)(H2,27,29,31);2*(H,6,7). The highest BCUT2D eigenvalue weighted by atomic mass is 19.4. The molecule has 0 saturated heterocycles. The number of likely N-dealkylation sites (N-methyl/N-ethyl adjacent to an activating group) is 1. The quantitative estimate of drug-likeness (QED) is 0.182. The minimum Gasteiger partial charge on any atom is -0.493 e. The predicted octanol–water partition coefficient (Wildman–Crippen LogP) is 4.02. The summed E-state index contributed by atoms with van der Waals surface area (Å²) in [5.41, 5.74) is 9.10. The number of nitrogen functional groups attached to an aromatic ring is 1. The second-order valence-electron chi connectivity index (χ2n) is 10.5. The average molecular weight is 704 g/mol. The molecule has 4 aromatic rings. The molecule has 264 valence electrons. The minimum absolute atomic E-state index is 0.112. The van der Waals surface area contributed by atoms with E-state index in [9.17, 15) is 35.5 Å². The number of rotatable bonds is 6. The van der Waals surface area contributed by atoms with Crippen LogP contribution >= 0.6 is 0 Å². The molecule has 0 fully saturated rings. The molecular weight excluding hydrogens is 675 g/mol. The lowest BCUT2D eigenvalue weighted by molar-refractivity contribution is -0.193. The van der Waals surface area contributed by atoms with Gasteiger partial charge in [-0.1, -0.05) is 0 Å². The molecule has 1 aliphatic rings. The van der Waals surface area contributed by atoms with Gasteiger partial charge in [0.25, 0.3) is 5.91 Å². The first-order chi connectivity index (χ1) is 22.8. The molecule has 0 saturated carbocycles. The van der Waals surface area contributed by atoms with Crippen LogP contribution in [0, 0.1) is 5.82 Å². The summed E-state index contributed by atoms with van der Waals surface area (Å²) in [4.78, 5) is 48.2. The fourth-order valence-corrected chi connectivity index (χ4v) is 4.18. The van der Waals surface area contributed by atoms with E-state index in [0.29, 0.717) is 47.7 Å². The Labute approximate surface area is 271 Å². The van der Waals surface area contributed by atoms with Gasteiger partial charge in [0.1, 0.15) is 17.1 Å². The van der Waals surface area contributed by atoms with E-state index in [1.54, 1.807) is 18.2 Å². The van der Waals surface area contributed by atoms with Crippen LogP contribution in [0.3, 0.4) is 0 Å². The van der Waals surface area contributed by atoms with Crippen molar-refractivity contribution in [1.82, 2.24) is 30.2 Å². The maximum atomic E-state index is 14.9. The number of carbonyl (C=O) groups excluding carboxylic acids is 1. The average Bonchev–Trinajstić information content (AvgIpc) is 3.45. The molecule has 1 amide bonds. The van der Waals surface area contributed by atoms with Crippen molar-refractivity contribution in [3.63, 3.8) is 0 Å². The van der Waals surface area contributed by atoms with Crippen LogP contribution in [-0.2, 0) is 16.0 Å². The van der Waals surface area contributed by atoms with Crippen molar-refractivity contribution < 1.29 is 60.1 Å². The van der Waals surface area contributed by atoms with E-state index < -0.39 is 30.1 Å². The van der Waals surface area contributed by atoms with Crippen LogP contribution in [0.25, 0.3) is 22.3 Å². The van der Waals surface area contributed by atoms with Crippen molar-refractivity contribution in [3.05, 3.63) is 65.4 Å². The number of aromatic amines is 1. The van der Waals surface area contributed by atoms with Gasteiger partial charge >= 0.3 is 24.3 Å². The van der Waals surface area contributed by atoms with Gasteiger partial charge in [-0.3, -0.25) is 4.79 Å². The van der Waals surface area contributed by atoms with Gasteiger partial charge < -0.3 is 35.9 Å². The molecule has 1 atom stereocenters. The summed E-state index contributed by atoms with van der Waals surface area (Å²) < 4.78 is 84.3. The van der Waals surface area contributed by atoms with E-state index in [1.807, 2.05) is 31.1 Å². The number of H-pyrrole nitrogens is 1. The van der Waals surface area contributed by atoms with Crippen LogP contribution < -0.4 is 15.8 Å². The summed E-state index contributed by atoms with van der Waals surface area (Å²) >= 11 is 0. The lowest BCUT2D eigenvalue weighted by Crippen LogP contribution is -2.31. The maximum absolute atomic E-state index is 14.9. The molecule has 6 N–H and O–H groups in total. The number of nitrogens with one attached hydrogen (secondary N) is 2. The van der Waals surface area contributed by atoms with Gasteiger partial charge in [0.15, 0.2) is 5.82 Å². The fourth-order valence-electron chi connectivity index (χ4n) is 4.18. The monoisotopic (exact) mass is 703 g/mol. The van der Waals surface area contributed by atoms with Crippen LogP contribution in [-0.4, -0.2) is 99.0 Å². The summed E-state index contributed by atoms with van der Waals surface area (Å²) in [5.74, 6) is -4.70. The molecule has 0 spiro atoms. The van der Waals surface area contributed by atoms with Crippen molar-refractivity contribution in [2.45, 2.75) is 24.7 Å². The van der Waals surface area contributed by atoms with Gasteiger partial charge in [0.2, 0.25) is 5.95 Å². The zero-order chi connectivity index (χ0) is 36.7.